The van der Waals surface area contributed by atoms with E-state index in [1.807, 2.05) is 0 Å². The maximum absolute atomic E-state index is 10.7. The molecule has 2 heteroatoms. The van der Waals surface area contributed by atoms with Gasteiger partial charge in [0.05, 0.1) is 0 Å². The van der Waals surface area contributed by atoms with Gasteiger partial charge in [-0.3, -0.25) is 4.79 Å². The quantitative estimate of drug-likeness (QED) is 0.428. The number of hydrogen-bond donors (Lipinski definition) is 0. The van der Waals surface area contributed by atoms with E-state index in [9.17, 15) is 4.79 Å². The summed E-state index contributed by atoms with van der Waals surface area (Å²) >= 11 is 0. The van der Waals surface area contributed by atoms with Gasteiger partial charge in [0.2, 0.25) is 5.91 Å². The van der Waals surface area contributed by atoms with Crippen LogP contribution in [0.4, 0.5) is 0 Å². The Kier molecular flexibility index (Phi) is 0.587. The highest BCUT2D eigenvalue weighted by Crippen LogP contribution is 2.04. The molecule has 0 unspecified atom stereocenters. The molecule has 0 saturated carbocycles. The van der Waals surface area contributed by atoms with Crippen LogP contribution < -0.4 is 0 Å². The molecule has 1 aliphatic heterocycles. The number of carbonyl (C=O) groups excluding carboxylic acids is 1. The predicted octanol–water partition coefficient (Wildman–Crippen LogP) is 0.239. The fourth-order valence-electron chi connectivity index (χ4n) is 0.586. The molecular weight excluding hydrogens is 90.1 g/mol. The van der Waals surface area contributed by atoms with Gasteiger partial charge in [-0.15, -0.1) is 0 Å². The van der Waals surface area contributed by atoms with Crippen molar-refractivity contribution in [2.45, 2.75) is 12.8 Å². The van der Waals surface area contributed by atoms with E-state index in [0.717, 1.165) is 4.90 Å². The van der Waals surface area contributed by atoms with E-state index in [2.05, 4.69) is 0 Å². The van der Waals surface area contributed by atoms with Gasteiger partial charge in [-0.25, -0.2) is 0 Å². The third-order valence-electron chi connectivity index (χ3n) is 1.06. The lowest BCUT2D eigenvalue weighted by atomic mass is 10.4. The van der Waals surface area contributed by atoms with E-state index < -0.39 is 6.50 Å². The van der Waals surface area contributed by atoms with E-state index in [1.54, 1.807) is 0 Å². The Morgan fingerprint density at radius 1 is 2.00 bits per heavy atom. The normalized spacial score (nSPS) is 32.7. The van der Waals surface area contributed by atoms with E-state index in [-0.39, 0.29) is 5.91 Å². The molecular formula is C5H9NO. The molecule has 1 fully saturated rings. The molecule has 1 aliphatic rings. The molecule has 2 nitrogen and oxygen atoms in total. The average molecular weight is 101 g/mol. The molecule has 1 amide bonds. The Balaban J connectivity index is 2.73. The molecule has 0 aromatic heterocycles. The number of hydrogen-bond acceptors (Lipinski definition) is 1. The van der Waals surface area contributed by atoms with Crippen LogP contribution in [0.3, 0.4) is 0 Å². The van der Waals surface area contributed by atoms with Crippen molar-refractivity contribution in [1.29, 1.82) is 0 Å². The molecule has 0 N–H and O–H groups in total. The van der Waals surface area contributed by atoms with E-state index in [4.69, 9.17) is 2.74 Å². The molecule has 7 heavy (non-hydrogen) atoms. The number of amides is 1. The number of rotatable bonds is 0. The van der Waals surface area contributed by atoms with Crippen LogP contribution in [0.2, 0.25) is 0 Å². The molecule has 0 radical (unpaired) electrons. The van der Waals surface area contributed by atoms with Gasteiger partial charge in [0, 0.05) is 22.7 Å². The third kappa shape index (κ3) is 0.734. The molecule has 1 saturated heterocycles. The second-order valence-electron chi connectivity index (χ2n) is 1.61. The lowest BCUT2D eigenvalue weighted by Gasteiger charge is -2.03. The van der Waals surface area contributed by atoms with Gasteiger partial charge in [-0.2, -0.15) is 0 Å². The van der Waals surface area contributed by atoms with Gasteiger partial charge in [0.1, 0.15) is 0 Å². The van der Waals surface area contributed by atoms with Crippen molar-refractivity contribution in [3.05, 3.63) is 0 Å². The Labute approximate surface area is 45.9 Å². The van der Waals surface area contributed by atoms with E-state index in [0.29, 0.717) is 12.8 Å². The van der Waals surface area contributed by atoms with Crippen LogP contribution in [-0.2, 0) is 4.79 Å². The third-order valence-corrected chi connectivity index (χ3v) is 1.06. The van der Waals surface area contributed by atoms with Crippen LogP contribution in [0.15, 0.2) is 0 Å². The van der Waals surface area contributed by atoms with Crippen LogP contribution in [0.5, 0.6) is 0 Å². The first-order chi connectivity index (χ1) is 4.04. The van der Waals surface area contributed by atoms with Crippen molar-refractivity contribution in [2.24, 2.45) is 0 Å². The summed E-state index contributed by atoms with van der Waals surface area (Å²) in [5, 5.41) is 0. The molecule has 0 aliphatic carbocycles. The van der Waals surface area contributed by atoms with Crippen LogP contribution in [-0.4, -0.2) is 24.4 Å². The SMILES string of the molecule is [2H]C1([2H])CCC(=O)N1C. The maximum atomic E-state index is 10.7. The van der Waals surface area contributed by atoms with Crippen molar-refractivity contribution in [3.63, 3.8) is 0 Å². The van der Waals surface area contributed by atoms with Crippen LogP contribution in [0.25, 0.3) is 0 Å². The summed E-state index contributed by atoms with van der Waals surface area (Å²) in [6.07, 6.45) is 0.686. The second-order valence-corrected chi connectivity index (χ2v) is 1.61. The summed E-state index contributed by atoms with van der Waals surface area (Å²) in [5.74, 6) is -0.0972. The Morgan fingerprint density at radius 3 is 2.86 bits per heavy atom. The van der Waals surface area contributed by atoms with Crippen molar-refractivity contribution >= 4 is 5.91 Å². The highest BCUT2D eigenvalue weighted by Gasteiger charge is 2.14. The monoisotopic (exact) mass is 101 g/mol. The molecule has 0 bridgehead atoms. The minimum absolute atomic E-state index is 0.0972. The first kappa shape index (κ1) is 2.70. The largest absolute Gasteiger partial charge is 0.346 e. The Hall–Kier alpha value is -0.530. The average Bonchev–Trinajstić information content (AvgIpc) is 1.97. The summed E-state index contributed by atoms with van der Waals surface area (Å²) in [6, 6.07) is 0. The zero-order chi connectivity index (χ0) is 7.07. The lowest BCUT2D eigenvalue weighted by Crippen LogP contribution is -2.17. The summed E-state index contributed by atoms with van der Waals surface area (Å²) < 4.78 is 14.4. The minimum Gasteiger partial charge on any atom is -0.346 e. The highest BCUT2D eigenvalue weighted by molar-refractivity contribution is 5.77. The molecule has 0 atom stereocenters. The summed E-state index contributed by atoms with van der Waals surface area (Å²) in [6.45, 7) is -1.39. The zero-order valence-corrected chi connectivity index (χ0v) is 4.27. The van der Waals surface area contributed by atoms with Crippen molar-refractivity contribution < 1.29 is 7.54 Å². The first-order valence-electron chi connectivity index (χ1n) is 3.31. The zero-order valence-electron chi connectivity index (χ0n) is 6.27. The van der Waals surface area contributed by atoms with Crippen LogP contribution in [0, 0.1) is 0 Å². The van der Waals surface area contributed by atoms with E-state index in [1.165, 1.54) is 7.05 Å². The summed E-state index contributed by atoms with van der Waals surface area (Å²) in [7, 11) is 1.50. The Morgan fingerprint density at radius 2 is 2.71 bits per heavy atom. The molecule has 1 heterocycles. The van der Waals surface area contributed by atoms with Crippen LogP contribution in [0.1, 0.15) is 15.6 Å². The predicted molar refractivity (Wildman–Crippen MR) is 26.9 cm³/mol. The molecule has 1 rings (SSSR count). The summed E-state index contributed by atoms with van der Waals surface area (Å²) in [5.41, 5.74) is 0. The topological polar surface area (TPSA) is 20.3 Å². The molecule has 0 spiro atoms. The number of likely N-dealkylation sites (tertiary alicyclic amines) is 1. The van der Waals surface area contributed by atoms with Gasteiger partial charge in [-0.1, -0.05) is 0 Å². The fraction of sp³-hybridized carbons (Fsp3) is 0.800. The van der Waals surface area contributed by atoms with E-state index >= 15 is 0 Å². The van der Waals surface area contributed by atoms with Gasteiger partial charge in [-0.05, 0) is 6.42 Å². The van der Waals surface area contributed by atoms with Crippen molar-refractivity contribution in [3.8, 4) is 0 Å². The fourth-order valence-corrected chi connectivity index (χ4v) is 0.586. The highest BCUT2D eigenvalue weighted by atomic mass is 16.2. The lowest BCUT2D eigenvalue weighted by molar-refractivity contribution is -0.126. The van der Waals surface area contributed by atoms with Crippen LogP contribution >= 0.6 is 0 Å². The Bertz CT molecular complexity index is 146. The van der Waals surface area contributed by atoms with Crippen molar-refractivity contribution in [1.82, 2.24) is 4.90 Å². The van der Waals surface area contributed by atoms with Crippen molar-refractivity contribution in [2.75, 3.05) is 13.5 Å². The minimum atomic E-state index is -1.39. The number of carbonyl (C=O) groups is 1. The van der Waals surface area contributed by atoms with Gasteiger partial charge >= 0.3 is 0 Å². The molecule has 0 aromatic carbocycles. The maximum Gasteiger partial charge on any atom is 0.222 e. The van der Waals surface area contributed by atoms with Gasteiger partial charge in [0.15, 0.2) is 0 Å². The molecule has 40 valence electrons. The second kappa shape index (κ2) is 1.52. The standard InChI is InChI=1S/C5H9NO/c1-6-4-2-3-5(6)7/h2-4H2,1H3/i4D2. The van der Waals surface area contributed by atoms with Gasteiger partial charge in [0.25, 0.3) is 0 Å². The first-order valence-corrected chi connectivity index (χ1v) is 2.31. The van der Waals surface area contributed by atoms with Gasteiger partial charge < -0.3 is 4.90 Å². The molecule has 0 aromatic rings. The smallest absolute Gasteiger partial charge is 0.222 e. The number of nitrogens with zero attached hydrogens (tertiary/aromatic N) is 1. The summed E-state index contributed by atoms with van der Waals surface area (Å²) in [4.78, 5) is 11.8.